The summed E-state index contributed by atoms with van der Waals surface area (Å²) in [5.41, 5.74) is 0.293. The predicted molar refractivity (Wildman–Crippen MR) is 146 cm³/mol. The molecule has 4 aromatic carbocycles. The molecule has 0 saturated heterocycles. The molecule has 0 saturated carbocycles. The Morgan fingerprint density at radius 2 is 1.46 bits per heavy atom. The summed E-state index contributed by atoms with van der Waals surface area (Å²) >= 11 is 0. The van der Waals surface area contributed by atoms with Crippen LogP contribution in [-0.4, -0.2) is 44.9 Å². The second-order valence-corrected chi connectivity index (χ2v) is 10.3. The summed E-state index contributed by atoms with van der Waals surface area (Å²) in [5.74, 6) is 0.390. The van der Waals surface area contributed by atoms with Gasteiger partial charge in [-0.1, -0.05) is 36.4 Å². The number of rotatable bonds is 8. The summed E-state index contributed by atoms with van der Waals surface area (Å²) in [5, 5.41) is 13.0. The molecular weight excluding hydrogens is 524 g/mol. The fourth-order valence-corrected chi connectivity index (χ4v) is 6.35. The number of hydrogen-bond donors (Lipinski definition) is 0. The monoisotopic (exact) mass is 546 g/mol. The summed E-state index contributed by atoms with van der Waals surface area (Å²) in [4.78, 5) is 24.1. The van der Waals surface area contributed by atoms with E-state index in [0.717, 1.165) is 0 Å². The molecule has 198 valence electrons. The number of ether oxygens (including phenoxy) is 3. The smallest absolute Gasteiger partial charge is 0.281 e. The normalized spacial score (nSPS) is 11.5. The van der Waals surface area contributed by atoms with Crippen LogP contribution in [0.3, 0.4) is 0 Å². The molecule has 0 fully saturated rings. The Morgan fingerprint density at radius 3 is 2.08 bits per heavy atom. The van der Waals surface area contributed by atoms with E-state index in [4.69, 9.17) is 14.2 Å². The van der Waals surface area contributed by atoms with Crippen LogP contribution in [0, 0.1) is 10.1 Å². The third-order valence-corrected chi connectivity index (χ3v) is 8.24. The number of hydrogen-bond acceptors (Lipinski definition) is 8. The van der Waals surface area contributed by atoms with Gasteiger partial charge in [-0.2, -0.15) is 0 Å². The van der Waals surface area contributed by atoms with E-state index in [0.29, 0.717) is 22.6 Å². The van der Waals surface area contributed by atoms with Crippen LogP contribution < -0.4 is 14.2 Å². The topological polar surface area (TPSA) is 127 Å². The third-order valence-electron chi connectivity index (χ3n) is 6.50. The van der Waals surface area contributed by atoms with Crippen molar-refractivity contribution in [3.8, 4) is 28.4 Å². The van der Waals surface area contributed by atoms with Crippen molar-refractivity contribution in [2.45, 2.75) is 4.90 Å². The molecule has 0 spiro atoms. The standard InChI is InChI=1S/C28H22N2O8S/c1-36-25-14-20(23(30(32)33)15-26(25)37-2)19-13-24-27(28(38-3)21(19)16-31)18-11-7-8-12-22(18)29(24)39(34,35)17-9-5-4-6-10-17/h4-16H,1-3H3. The van der Waals surface area contributed by atoms with Gasteiger partial charge in [0, 0.05) is 10.9 Å². The Morgan fingerprint density at radius 1 is 0.821 bits per heavy atom. The molecule has 11 heteroatoms. The molecule has 0 radical (unpaired) electrons. The number of benzene rings is 4. The number of nitrogens with zero attached hydrogens (tertiary/aromatic N) is 2. The van der Waals surface area contributed by atoms with Gasteiger partial charge >= 0.3 is 0 Å². The van der Waals surface area contributed by atoms with Crippen molar-refractivity contribution in [1.29, 1.82) is 0 Å². The van der Waals surface area contributed by atoms with Gasteiger partial charge in [-0.15, -0.1) is 0 Å². The van der Waals surface area contributed by atoms with Gasteiger partial charge in [0.25, 0.3) is 15.7 Å². The minimum Gasteiger partial charge on any atom is -0.495 e. The molecular formula is C28H22N2O8S. The van der Waals surface area contributed by atoms with Crippen LogP contribution >= 0.6 is 0 Å². The Bertz CT molecular complexity index is 1880. The quantitative estimate of drug-likeness (QED) is 0.143. The Balaban J connectivity index is 2.01. The molecule has 0 unspecified atom stereocenters. The number of aromatic nitrogens is 1. The van der Waals surface area contributed by atoms with Crippen molar-refractivity contribution < 1.29 is 32.3 Å². The Kier molecular flexibility index (Phi) is 6.44. The van der Waals surface area contributed by atoms with Crippen LogP contribution in [0.1, 0.15) is 10.4 Å². The van der Waals surface area contributed by atoms with E-state index in [2.05, 4.69) is 0 Å². The van der Waals surface area contributed by atoms with Gasteiger partial charge in [0.15, 0.2) is 17.8 Å². The maximum Gasteiger partial charge on any atom is 0.281 e. The van der Waals surface area contributed by atoms with Crippen molar-refractivity contribution in [3.05, 3.63) is 88.5 Å². The summed E-state index contributed by atoms with van der Waals surface area (Å²) in [7, 11) is -0.0701. The van der Waals surface area contributed by atoms with E-state index < -0.39 is 14.9 Å². The lowest BCUT2D eigenvalue weighted by atomic mass is 9.95. The Labute approximate surface area is 223 Å². The van der Waals surface area contributed by atoms with Crippen molar-refractivity contribution >= 4 is 43.8 Å². The maximum absolute atomic E-state index is 14.0. The molecule has 0 N–H and O–H groups in total. The number of fused-ring (bicyclic) bond motifs is 3. The Hall–Kier alpha value is -4.90. The highest BCUT2D eigenvalue weighted by Gasteiger charge is 2.30. The van der Waals surface area contributed by atoms with E-state index in [9.17, 15) is 23.3 Å². The van der Waals surface area contributed by atoms with Gasteiger partial charge in [0.2, 0.25) is 0 Å². The average molecular weight is 547 g/mol. The molecule has 10 nitrogen and oxygen atoms in total. The van der Waals surface area contributed by atoms with Gasteiger partial charge in [-0.25, -0.2) is 12.4 Å². The predicted octanol–water partition coefficient (Wildman–Crippen LogP) is 5.45. The molecule has 1 aromatic heterocycles. The van der Waals surface area contributed by atoms with Crippen LogP contribution in [0.4, 0.5) is 5.69 Å². The lowest BCUT2D eigenvalue weighted by molar-refractivity contribution is -0.384. The van der Waals surface area contributed by atoms with Crippen molar-refractivity contribution in [2.24, 2.45) is 0 Å². The van der Waals surface area contributed by atoms with Crippen LogP contribution in [0.15, 0.2) is 77.7 Å². The molecule has 0 aliphatic rings. The lowest BCUT2D eigenvalue weighted by Gasteiger charge is -2.16. The highest BCUT2D eigenvalue weighted by Crippen LogP contribution is 2.47. The van der Waals surface area contributed by atoms with Crippen LogP contribution in [0.25, 0.3) is 32.9 Å². The average Bonchev–Trinajstić information content (AvgIpc) is 3.30. The zero-order valence-corrected chi connectivity index (χ0v) is 21.9. The van der Waals surface area contributed by atoms with E-state index in [1.807, 2.05) is 0 Å². The third kappa shape index (κ3) is 3.94. The fraction of sp³-hybridized carbons (Fsp3) is 0.107. The molecule has 0 bridgehead atoms. The fourth-order valence-electron chi connectivity index (χ4n) is 4.82. The van der Waals surface area contributed by atoms with E-state index in [1.54, 1.807) is 42.5 Å². The zero-order chi connectivity index (χ0) is 27.9. The highest BCUT2D eigenvalue weighted by atomic mass is 32.2. The molecule has 5 rings (SSSR count). The van der Waals surface area contributed by atoms with Gasteiger partial charge in [-0.05, 0) is 30.3 Å². The first-order chi connectivity index (χ1) is 18.8. The summed E-state index contributed by atoms with van der Waals surface area (Å²) < 4.78 is 45.4. The van der Waals surface area contributed by atoms with Crippen LogP contribution in [-0.2, 0) is 10.0 Å². The number of carbonyl (C=O) groups excluding carboxylic acids is 1. The largest absolute Gasteiger partial charge is 0.495 e. The SMILES string of the molecule is COc1cc(-c2cc3c(c(OC)c2C=O)c2ccccc2n3S(=O)(=O)c2ccccc2)c([N+](=O)[O-])cc1OC. The zero-order valence-electron chi connectivity index (χ0n) is 21.1. The summed E-state index contributed by atoms with van der Waals surface area (Å²) in [6.07, 6.45) is 0.534. The first kappa shape index (κ1) is 25.7. The minimum absolute atomic E-state index is 0.0142. The number of nitro benzene ring substituents is 1. The van der Waals surface area contributed by atoms with Crippen molar-refractivity contribution in [3.63, 3.8) is 0 Å². The minimum atomic E-state index is -4.15. The van der Waals surface area contributed by atoms with E-state index >= 15 is 0 Å². The maximum atomic E-state index is 14.0. The van der Waals surface area contributed by atoms with Crippen LogP contribution in [0.2, 0.25) is 0 Å². The second-order valence-electron chi connectivity index (χ2n) is 8.46. The number of methoxy groups -OCH3 is 3. The summed E-state index contributed by atoms with van der Waals surface area (Å²) in [6.45, 7) is 0. The van der Waals surface area contributed by atoms with Crippen molar-refractivity contribution in [1.82, 2.24) is 3.97 Å². The number of aldehydes is 1. The number of carbonyl (C=O) groups is 1. The van der Waals surface area contributed by atoms with Gasteiger partial charge in [0.1, 0.15) is 5.75 Å². The highest BCUT2D eigenvalue weighted by molar-refractivity contribution is 7.90. The molecule has 39 heavy (non-hydrogen) atoms. The van der Waals surface area contributed by atoms with Crippen molar-refractivity contribution in [2.75, 3.05) is 21.3 Å². The number of para-hydroxylation sites is 1. The molecule has 0 aliphatic heterocycles. The number of nitro groups is 1. The first-order valence-electron chi connectivity index (χ1n) is 11.6. The molecule has 1 heterocycles. The van der Waals surface area contributed by atoms with Gasteiger partial charge < -0.3 is 14.2 Å². The molecule has 5 aromatic rings. The molecule has 0 atom stereocenters. The van der Waals surface area contributed by atoms with E-state index in [1.165, 1.54) is 55.6 Å². The molecule has 0 amide bonds. The second kappa shape index (κ2) is 9.76. The van der Waals surface area contributed by atoms with E-state index in [-0.39, 0.29) is 50.0 Å². The van der Waals surface area contributed by atoms with Gasteiger partial charge in [-0.3, -0.25) is 14.9 Å². The lowest BCUT2D eigenvalue weighted by Crippen LogP contribution is -2.13. The van der Waals surface area contributed by atoms with Crippen LogP contribution in [0.5, 0.6) is 17.2 Å². The molecule has 0 aliphatic carbocycles. The first-order valence-corrected chi connectivity index (χ1v) is 13.0. The van der Waals surface area contributed by atoms with Gasteiger partial charge in [0.05, 0.1) is 64.8 Å². The summed E-state index contributed by atoms with van der Waals surface area (Å²) in [6, 6.07) is 18.7.